The van der Waals surface area contributed by atoms with E-state index in [4.69, 9.17) is 10.00 Å². The Balaban J connectivity index is 2.05. The normalized spacial score (nSPS) is 10.8. The third kappa shape index (κ3) is 4.29. The molecular formula is C17H12FNO2. The highest BCUT2D eigenvalue weighted by Crippen LogP contribution is 2.10. The quantitative estimate of drug-likeness (QED) is 0.490. The molecule has 0 radical (unpaired) electrons. The highest BCUT2D eigenvalue weighted by Gasteiger charge is 2.10. The van der Waals surface area contributed by atoms with Crippen LogP contribution in [0.5, 0.6) is 0 Å². The lowest BCUT2D eigenvalue weighted by atomic mass is 10.1. The largest absolute Gasteiger partial charge is 0.457 e. The van der Waals surface area contributed by atoms with Crippen LogP contribution in [0.2, 0.25) is 0 Å². The van der Waals surface area contributed by atoms with Crippen molar-refractivity contribution in [3.8, 4) is 6.07 Å². The molecule has 0 spiro atoms. The number of esters is 1. The zero-order valence-corrected chi connectivity index (χ0v) is 11.1. The minimum absolute atomic E-state index is 0.0993. The molecule has 3 nitrogen and oxygen atoms in total. The molecule has 0 aliphatic heterocycles. The zero-order valence-electron chi connectivity index (χ0n) is 11.1. The molecule has 2 rings (SSSR count). The second-order valence-corrected chi connectivity index (χ2v) is 4.28. The molecule has 0 amide bonds. The average molecular weight is 281 g/mol. The molecule has 0 aromatic heterocycles. The maximum absolute atomic E-state index is 12.8. The SMILES string of the molecule is N#C/C(=C/c1ccc(F)cc1)C(=O)OCc1ccccc1. The maximum atomic E-state index is 12.8. The molecule has 0 fully saturated rings. The van der Waals surface area contributed by atoms with Crippen molar-refractivity contribution in [2.45, 2.75) is 6.61 Å². The molecule has 0 saturated heterocycles. The van der Waals surface area contributed by atoms with Crippen LogP contribution in [0.25, 0.3) is 6.08 Å². The van der Waals surface area contributed by atoms with E-state index in [0.29, 0.717) is 5.56 Å². The van der Waals surface area contributed by atoms with Gasteiger partial charge in [-0.2, -0.15) is 5.26 Å². The summed E-state index contributed by atoms with van der Waals surface area (Å²) < 4.78 is 17.9. The number of hydrogen-bond donors (Lipinski definition) is 0. The molecule has 2 aromatic carbocycles. The summed E-state index contributed by atoms with van der Waals surface area (Å²) in [6, 6.07) is 16.5. The van der Waals surface area contributed by atoms with E-state index >= 15 is 0 Å². The number of rotatable bonds is 4. The zero-order chi connectivity index (χ0) is 15.1. The van der Waals surface area contributed by atoms with E-state index in [1.54, 1.807) is 6.07 Å². The third-order valence-electron chi connectivity index (χ3n) is 2.73. The van der Waals surface area contributed by atoms with Gasteiger partial charge in [0.1, 0.15) is 24.1 Å². The molecule has 0 aliphatic carbocycles. The highest BCUT2D eigenvalue weighted by atomic mass is 19.1. The minimum atomic E-state index is -0.703. The second-order valence-electron chi connectivity index (χ2n) is 4.28. The van der Waals surface area contributed by atoms with Gasteiger partial charge in [-0.05, 0) is 29.3 Å². The van der Waals surface area contributed by atoms with Crippen molar-refractivity contribution in [2.75, 3.05) is 0 Å². The van der Waals surface area contributed by atoms with Gasteiger partial charge in [-0.15, -0.1) is 0 Å². The Hall–Kier alpha value is -2.93. The van der Waals surface area contributed by atoms with Crippen LogP contribution in [0.1, 0.15) is 11.1 Å². The fraction of sp³-hybridized carbons (Fsp3) is 0.0588. The molecule has 0 saturated carbocycles. The van der Waals surface area contributed by atoms with Crippen molar-refractivity contribution in [3.63, 3.8) is 0 Å². The number of hydrogen-bond acceptors (Lipinski definition) is 3. The Morgan fingerprint density at radius 2 is 1.81 bits per heavy atom. The van der Waals surface area contributed by atoms with Gasteiger partial charge in [-0.25, -0.2) is 9.18 Å². The van der Waals surface area contributed by atoms with Gasteiger partial charge in [0.2, 0.25) is 0 Å². The van der Waals surface area contributed by atoms with E-state index in [1.165, 1.54) is 30.3 Å². The van der Waals surface area contributed by atoms with Crippen molar-refractivity contribution in [2.24, 2.45) is 0 Å². The molecule has 4 heteroatoms. The van der Waals surface area contributed by atoms with Crippen LogP contribution in [-0.2, 0) is 16.1 Å². The molecule has 0 bridgehead atoms. The summed E-state index contributed by atoms with van der Waals surface area (Å²) in [7, 11) is 0. The lowest BCUT2D eigenvalue weighted by Crippen LogP contribution is -2.06. The van der Waals surface area contributed by atoms with E-state index in [1.807, 2.05) is 30.3 Å². The molecule has 2 aromatic rings. The van der Waals surface area contributed by atoms with E-state index in [9.17, 15) is 9.18 Å². The predicted molar refractivity (Wildman–Crippen MR) is 76.2 cm³/mol. The van der Waals surface area contributed by atoms with Crippen molar-refractivity contribution >= 4 is 12.0 Å². The Morgan fingerprint density at radius 1 is 1.14 bits per heavy atom. The van der Waals surface area contributed by atoms with Gasteiger partial charge in [0.05, 0.1) is 0 Å². The molecule has 0 unspecified atom stereocenters. The summed E-state index contributed by atoms with van der Waals surface area (Å²) in [6.07, 6.45) is 1.37. The van der Waals surface area contributed by atoms with E-state index in [0.717, 1.165) is 5.56 Å². The predicted octanol–water partition coefficient (Wildman–Crippen LogP) is 3.48. The van der Waals surface area contributed by atoms with Crippen molar-refractivity contribution in [3.05, 3.63) is 77.1 Å². The third-order valence-corrected chi connectivity index (χ3v) is 2.73. The first-order valence-electron chi connectivity index (χ1n) is 6.27. The number of carbonyl (C=O) groups excluding carboxylic acids is 1. The molecule has 0 N–H and O–H groups in total. The fourth-order valence-corrected chi connectivity index (χ4v) is 1.66. The van der Waals surface area contributed by atoms with Crippen LogP contribution >= 0.6 is 0 Å². The van der Waals surface area contributed by atoms with Crippen molar-refractivity contribution in [1.82, 2.24) is 0 Å². The molecule has 0 atom stereocenters. The molecule has 0 aliphatic rings. The first-order valence-corrected chi connectivity index (χ1v) is 6.27. The number of nitriles is 1. The van der Waals surface area contributed by atoms with Crippen LogP contribution in [-0.4, -0.2) is 5.97 Å². The Morgan fingerprint density at radius 3 is 2.43 bits per heavy atom. The van der Waals surface area contributed by atoms with E-state index in [2.05, 4.69) is 0 Å². The van der Waals surface area contributed by atoms with Crippen LogP contribution in [0.4, 0.5) is 4.39 Å². The summed E-state index contributed by atoms with van der Waals surface area (Å²) in [5.41, 5.74) is 1.27. The Labute approximate surface area is 121 Å². The monoisotopic (exact) mass is 281 g/mol. The van der Waals surface area contributed by atoms with Gasteiger partial charge in [-0.1, -0.05) is 42.5 Å². The van der Waals surface area contributed by atoms with E-state index < -0.39 is 5.97 Å². The summed E-state index contributed by atoms with van der Waals surface area (Å²) >= 11 is 0. The standard InChI is InChI=1S/C17H12FNO2/c18-16-8-6-13(7-9-16)10-15(11-19)17(20)21-12-14-4-2-1-3-5-14/h1-10H,12H2/b15-10-. The molecule has 0 heterocycles. The molecule has 104 valence electrons. The van der Waals surface area contributed by atoms with Crippen LogP contribution < -0.4 is 0 Å². The van der Waals surface area contributed by atoms with E-state index in [-0.39, 0.29) is 18.0 Å². The topological polar surface area (TPSA) is 50.1 Å². The lowest BCUT2D eigenvalue weighted by Gasteiger charge is -2.04. The van der Waals surface area contributed by atoms with Gasteiger partial charge >= 0.3 is 5.97 Å². The summed E-state index contributed by atoms with van der Waals surface area (Å²) in [6.45, 7) is 0.0993. The number of benzene rings is 2. The van der Waals surface area contributed by atoms with Gasteiger partial charge in [0.25, 0.3) is 0 Å². The highest BCUT2D eigenvalue weighted by molar-refractivity contribution is 5.97. The van der Waals surface area contributed by atoms with Crippen LogP contribution in [0.3, 0.4) is 0 Å². The fourth-order valence-electron chi connectivity index (χ4n) is 1.66. The van der Waals surface area contributed by atoms with Crippen LogP contribution in [0.15, 0.2) is 60.2 Å². The van der Waals surface area contributed by atoms with Gasteiger partial charge < -0.3 is 4.74 Å². The number of nitrogens with zero attached hydrogens (tertiary/aromatic N) is 1. The van der Waals surface area contributed by atoms with Gasteiger partial charge in [0.15, 0.2) is 0 Å². The first kappa shape index (κ1) is 14.5. The van der Waals surface area contributed by atoms with Crippen molar-refractivity contribution < 1.29 is 13.9 Å². The lowest BCUT2D eigenvalue weighted by molar-refractivity contribution is -0.139. The smallest absolute Gasteiger partial charge is 0.349 e. The molecule has 21 heavy (non-hydrogen) atoms. The van der Waals surface area contributed by atoms with Gasteiger partial charge in [-0.3, -0.25) is 0 Å². The number of carbonyl (C=O) groups is 1. The first-order chi connectivity index (χ1) is 10.2. The number of halogens is 1. The number of ether oxygens (including phenoxy) is 1. The summed E-state index contributed by atoms with van der Waals surface area (Å²) in [4.78, 5) is 11.8. The Bertz CT molecular complexity index is 685. The van der Waals surface area contributed by atoms with Gasteiger partial charge in [0, 0.05) is 0 Å². The summed E-state index contributed by atoms with van der Waals surface area (Å²) in [5.74, 6) is -1.08. The maximum Gasteiger partial charge on any atom is 0.349 e. The van der Waals surface area contributed by atoms with Crippen LogP contribution in [0, 0.1) is 17.1 Å². The molecular weight excluding hydrogens is 269 g/mol. The van der Waals surface area contributed by atoms with Crippen molar-refractivity contribution in [1.29, 1.82) is 5.26 Å². The summed E-state index contributed by atoms with van der Waals surface area (Å²) in [5, 5.41) is 9.02. The Kier molecular flexibility index (Phi) is 4.84. The average Bonchev–Trinajstić information content (AvgIpc) is 2.53. The minimum Gasteiger partial charge on any atom is -0.457 e. The second kappa shape index (κ2) is 7.01.